The minimum absolute atomic E-state index is 0.323. The van der Waals surface area contributed by atoms with Crippen LogP contribution in [0.15, 0.2) is 11.6 Å². The van der Waals surface area contributed by atoms with E-state index in [2.05, 4.69) is 46.0 Å². The number of carboxylic acids is 1. The molecule has 0 aliphatic heterocycles. The fraction of sp³-hybridized carbons (Fsp3) is 0.900. The average Bonchev–Trinajstić information content (AvgIpc) is 3.11. The van der Waals surface area contributed by atoms with Crippen molar-refractivity contribution in [3.63, 3.8) is 0 Å². The second kappa shape index (κ2) is 9.67. The summed E-state index contributed by atoms with van der Waals surface area (Å²) in [7, 11) is 0. The maximum Gasteiger partial charge on any atom is 0.320 e. The summed E-state index contributed by atoms with van der Waals surface area (Å²) in [6, 6.07) is -0.131. The Bertz CT molecular complexity index is 744. The molecule has 0 aromatic heterocycles. The van der Waals surface area contributed by atoms with Crippen LogP contribution in [-0.4, -0.2) is 23.2 Å². The Labute approximate surface area is 203 Å². The summed E-state index contributed by atoms with van der Waals surface area (Å²) in [5, 5.41) is 12.7. The third-order valence-electron chi connectivity index (χ3n) is 11.2. The van der Waals surface area contributed by atoms with Gasteiger partial charge >= 0.3 is 5.97 Å². The summed E-state index contributed by atoms with van der Waals surface area (Å²) in [4.78, 5) is 11.3. The number of aliphatic carboxylic acids is 1. The first-order chi connectivity index (χ1) is 15.6. The lowest BCUT2D eigenvalue weighted by atomic mass is 9.47. The maximum atomic E-state index is 11.3. The quantitative estimate of drug-likeness (QED) is 0.372. The Hall–Kier alpha value is -0.830. The third-order valence-corrected chi connectivity index (χ3v) is 11.2. The highest BCUT2D eigenvalue weighted by molar-refractivity contribution is 5.72. The molecule has 3 saturated carbocycles. The Morgan fingerprint density at radius 1 is 1.06 bits per heavy atom. The highest BCUT2D eigenvalue weighted by Crippen LogP contribution is 2.67. The number of allylic oxidation sites excluding steroid dienone is 1. The molecule has 0 saturated heterocycles. The van der Waals surface area contributed by atoms with Gasteiger partial charge in [-0.3, -0.25) is 4.79 Å². The topological polar surface area (TPSA) is 49.3 Å². The molecule has 188 valence electrons. The van der Waals surface area contributed by atoms with E-state index in [-0.39, 0.29) is 0 Å². The Balaban J connectivity index is 1.45. The van der Waals surface area contributed by atoms with Crippen molar-refractivity contribution < 1.29 is 9.90 Å². The maximum absolute atomic E-state index is 11.3. The van der Waals surface area contributed by atoms with E-state index in [0.29, 0.717) is 16.9 Å². The lowest BCUT2D eigenvalue weighted by Gasteiger charge is -2.58. The second-order valence-corrected chi connectivity index (χ2v) is 13.5. The van der Waals surface area contributed by atoms with Gasteiger partial charge in [0.1, 0.15) is 6.04 Å². The van der Waals surface area contributed by atoms with E-state index in [1.807, 2.05) is 0 Å². The molecular weight excluding hydrogens is 406 g/mol. The van der Waals surface area contributed by atoms with Gasteiger partial charge in [0.25, 0.3) is 0 Å². The zero-order valence-corrected chi connectivity index (χ0v) is 22.3. The second-order valence-electron chi connectivity index (χ2n) is 13.5. The van der Waals surface area contributed by atoms with E-state index in [1.165, 1.54) is 57.8 Å². The van der Waals surface area contributed by atoms with Crippen LogP contribution in [-0.2, 0) is 4.79 Å². The molecule has 0 amide bonds. The molecule has 4 rings (SSSR count). The van der Waals surface area contributed by atoms with E-state index in [0.717, 1.165) is 48.3 Å². The molecule has 9 atom stereocenters. The molecule has 0 aromatic rings. The van der Waals surface area contributed by atoms with Crippen molar-refractivity contribution in [3.8, 4) is 0 Å². The number of rotatable bonds is 8. The standard InChI is InChI=1S/C30H51NO2/c1-19(2)8-7-9-20(3)25-12-13-26-24-11-10-22-18-23(31-21(4)28(32)33)14-16-29(22,5)27(24)15-17-30(25,26)6/h10,19-21,23-27,31H,7-9,11-18H2,1-6H3,(H,32,33)/t20-,21+,23?,24?,25-,26?,27?,29+,30-/m1/s1. The zero-order chi connectivity index (χ0) is 24.0. The van der Waals surface area contributed by atoms with Crippen molar-refractivity contribution in [1.82, 2.24) is 5.32 Å². The molecule has 2 N–H and O–H groups in total. The van der Waals surface area contributed by atoms with Gasteiger partial charge in [-0.2, -0.15) is 0 Å². The van der Waals surface area contributed by atoms with Gasteiger partial charge in [-0.25, -0.2) is 0 Å². The Morgan fingerprint density at radius 3 is 2.52 bits per heavy atom. The number of fused-ring (bicyclic) bond motifs is 5. The summed E-state index contributed by atoms with van der Waals surface area (Å²) in [6.45, 7) is 14.3. The molecule has 4 aliphatic carbocycles. The lowest BCUT2D eigenvalue weighted by Crippen LogP contribution is -2.52. The fourth-order valence-electron chi connectivity index (χ4n) is 9.25. The van der Waals surface area contributed by atoms with Crippen LogP contribution in [0.1, 0.15) is 112 Å². The van der Waals surface area contributed by atoms with Crippen molar-refractivity contribution >= 4 is 5.97 Å². The van der Waals surface area contributed by atoms with Gasteiger partial charge in [-0.1, -0.05) is 65.5 Å². The predicted molar refractivity (Wildman–Crippen MR) is 137 cm³/mol. The van der Waals surface area contributed by atoms with E-state index < -0.39 is 12.0 Å². The summed E-state index contributed by atoms with van der Waals surface area (Å²) in [6.07, 6.45) is 17.2. The smallest absolute Gasteiger partial charge is 0.320 e. The van der Waals surface area contributed by atoms with Gasteiger partial charge in [0.05, 0.1) is 0 Å². The number of carbonyl (C=O) groups is 1. The minimum Gasteiger partial charge on any atom is -0.480 e. The van der Waals surface area contributed by atoms with Crippen LogP contribution in [0.3, 0.4) is 0 Å². The number of carboxylic acid groups (broad SMARTS) is 1. The van der Waals surface area contributed by atoms with Gasteiger partial charge in [0.2, 0.25) is 0 Å². The highest BCUT2D eigenvalue weighted by Gasteiger charge is 2.59. The lowest BCUT2D eigenvalue weighted by molar-refractivity contribution is -0.139. The SMILES string of the molecule is CC(C)CCC[C@@H](C)[C@H]1CCC2C3CC=C4CC(N[C@@H](C)C(=O)O)CC[C@]4(C)C3CC[C@@]21C. The molecule has 0 spiro atoms. The molecule has 0 heterocycles. The van der Waals surface area contributed by atoms with Crippen molar-refractivity contribution in [2.24, 2.45) is 46.3 Å². The molecule has 3 heteroatoms. The van der Waals surface area contributed by atoms with Gasteiger partial charge in [0.15, 0.2) is 0 Å². The van der Waals surface area contributed by atoms with Crippen LogP contribution in [0, 0.1) is 46.3 Å². The van der Waals surface area contributed by atoms with E-state index in [9.17, 15) is 9.90 Å². The van der Waals surface area contributed by atoms with Crippen LogP contribution in [0.4, 0.5) is 0 Å². The summed E-state index contributed by atoms with van der Waals surface area (Å²) >= 11 is 0. The van der Waals surface area contributed by atoms with Crippen LogP contribution in [0.25, 0.3) is 0 Å². The summed E-state index contributed by atoms with van der Waals surface area (Å²) in [5.41, 5.74) is 2.54. The Morgan fingerprint density at radius 2 is 1.82 bits per heavy atom. The van der Waals surface area contributed by atoms with Crippen molar-refractivity contribution in [2.45, 2.75) is 124 Å². The van der Waals surface area contributed by atoms with Gasteiger partial charge in [-0.15, -0.1) is 0 Å². The first kappa shape index (κ1) is 25.3. The summed E-state index contributed by atoms with van der Waals surface area (Å²) < 4.78 is 0. The van der Waals surface area contributed by atoms with Gasteiger partial charge < -0.3 is 10.4 Å². The first-order valence-corrected chi connectivity index (χ1v) is 14.2. The molecule has 0 aromatic carbocycles. The van der Waals surface area contributed by atoms with Crippen LogP contribution in [0.2, 0.25) is 0 Å². The number of nitrogens with one attached hydrogen (secondary N) is 1. The van der Waals surface area contributed by atoms with E-state index in [1.54, 1.807) is 12.5 Å². The van der Waals surface area contributed by atoms with Gasteiger partial charge in [0, 0.05) is 6.04 Å². The molecule has 3 nitrogen and oxygen atoms in total. The number of hydrogen-bond donors (Lipinski definition) is 2. The largest absolute Gasteiger partial charge is 0.480 e. The average molecular weight is 458 g/mol. The van der Waals surface area contributed by atoms with E-state index in [4.69, 9.17) is 0 Å². The van der Waals surface area contributed by atoms with Crippen molar-refractivity contribution in [2.75, 3.05) is 0 Å². The molecule has 33 heavy (non-hydrogen) atoms. The molecule has 4 unspecified atom stereocenters. The van der Waals surface area contributed by atoms with Crippen molar-refractivity contribution in [3.05, 3.63) is 11.6 Å². The monoisotopic (exact) mass is 457 g/mol. The molecule has 0 bridgehead atoms. The summed E-state index contributed by atoms with van der Waals surface area (Å²) in [5.74, 6) is 4.51. The molecule has 3 fully saturated rings. The fourth-order valence-corrected chi connectivity index (χ4v) is 9.25. The van der Waals surface area contributed by atoms with E-state index >= 15 is 0 Å². The normalized spacial score (nSPS) is 42.2. The Kier molecular flexibility index (Phi) is 7.40. The van der Waals surface area contributed by atoms with Gasteiger partial charge in [-0.05, 0) is 105 Å². The number of hydrogen-bond acceptors (Lipinski definition) is 2. The van der Waals surface area contributed by atoms with Crippen LogP contribution < -0.4 is 5.32 Å². The first-order valence-electron chi connectivity index (χ1n) is 14.2. The van der Waals surface area contributed by atoms with Crippen LogP contribution >= 0.6 is 0 Å². The third kappa shape index (κ3) is 4.69. The van der Waals surface area contributed by atoms with Crippen molar-refractivity contribution in [1.29, 1.82) is 0 Å². The highest BCUT2D eigenvalue weighted by atomic mass is 16.4. The predicted octanol–water partition coefficient (Wildman–Crippen LogP) is 7.46. The van der Waals surface area contributed by atoms with Crippen LogP contribution in [0.5, 0.6) is 0 Å². The molecule has 4 aliphatic rings. The molecule has 0 radical (unpaired) electrons. The zero-order valence-electron chi connectivity index (χ0n) is 22.3. The minimum atomic E-state index is -0.734. The molecular formula is C30H51NO2.